The summed E-state index contributed by atoms with van der Waals surface area (Å²) in [6.45, 7) is 1.70. The van der Waals surface area contributed by atoms with Crippen molar-refractivity contribution in [3.63, 3.8) is 0 Å². The van der Waals surface area contributed by atoms with Crippen molar-refractivity contribution in [1.29, 1.82) is 0 Å². The molecule has 0 N–H and O–H groups in total. The molecule has 11 heteroatoms. The standard InChI is InChI=1S/C18H13N5O4S2/c1-9-13(19-15(29-9)11-4-3-6-26-11)17(25)27-8-12-20-21-18-22(2)16(24)14-10(23(12)18)5-7-28-14/h3-7H,8H2,1-2H3. The second-order valence-corrected chi connectivity index (χ2v) is 8.35. The molecule has 5 heterocycles. The topological polar surface area (TPSA) is 105 Å². The Hall–Kier alpha value is -3.31. The van der Waals surface area contributed by atoms with Crippen molar-refractivity contribution < 1.29 is 13.9 Å². The zero-order chi connectivity index (χ0) is 20.1. The van der Waals surface area contributed by atoms with Crippen LogP contribution in [0.4, 0.5) is 0 Å². The van der Waals surface area contributed by atoms with E-state index < -0.39 is 5.97 Å². The molecule has 146 valence electrons. The molecule has 0 spiro atoms. The third kappa shape index (κ3) is 2.77. The zero-order valence-corrected chi connectivity index (χ0v) is 16.9. The fourth-order valence-electron chi connectivity index (χ4n) is 3.04. The van der Waals surface area contributed by atoms with Crippen LogP contribution in [0.3, 0.4) is 0 Å². The number of carbonyl (C=O) groups excluding carboxylic acids is 1. The van der Waals surface area contributed by atoms with Crippen molar-refractivity contribution in [3.05, 3.63) is 56.6 Å². The lowest BCUT2D eigenvalue weighted by molar-refractivity contribution is 0.0454. The molecule has 0 unspecified atom stereocenters. The van der Waals surface area contributed by atoms with Gasteiger partial charge in [-0.3, -0.25) is 13.8 Å². The summed E-state index contributed by atoms with van der Waals surface area (Å²) in [5.74, 6) is 0.851. The van der Waals surface area contributed by atoms with Crippen LogP contribution in [0.25, 0.3) is 26.8 Å². The quantitative estimate of drug-likeness (QED) is 0.406. The lowest BCUT2D eigenvalue weighted by atomic mass is 10.4. The van der Waals surface area contributed by atoms with Gasteiger partial charge >= 0.3 is 5.97 Å². The molecule has 0 aromatic carbocycles. The third-order valence-electron chi connectivity index (χ3n) is 4.45. The summed E-state index contributed by atoms with van der Waals surface area (Å²) in [6.07, 6.45) is 1.55. The molecule has 0 fully saturated rings. The van der Waals surface area contributed by atoms with E-state index in [9.17, 15) is 9.59 Å². The summed E-state index contributed by atoms with van der Waals surface area (Å²) in [6, 6.07) is 5.37. The van der Waals surface area contributed by atoms with Crippen molar-refractivity contribution in [2.24, 2.45) is 7.05 Å². The average molecular weight is 427 g/mol. The first kappa shape index (κ1) is 17.8. The predicted octanol–water partition coefficient (Wildman–Crippen LogP) is 3.02. The first-order chi connectivity index (χ1) is 14.0. The lowest BCUT2D eigenvalue weighted by Crippen LogP contribution is -2.19. The van der Waals surface area contributed by atoms with Gasteiger partial charge < -0.3 is 9.15 Å². The second kappa shape index (κ2) is 6.64. The van der Waals surface area contributed by atoms with Gasteiger partial charge in [0.2, 0.25) is 5.78 Å². The van der Waals surface area contributed by atoms with Crippen LogP contribution in [0.15, 0.2) is 39.1 Å². The Bertz CT molecular complexity index is 1420. The number of ether oxygens (including phenoxy) is 1. The molecule has 29 heavy (non-hydrogen) atoms. The maximum Gasteiger partial charge on any atom is 0.358 e. The highest BCUT2D eigenvalue weighted by molar-refractivity contribution is 7.17. The van der Waals surface area contributed by atoms with E-state index in [1.54, 1.807) is 36.8 Å². The maximum absolute atomic E-state index is 12.6. The number of esters is 1. The van der Waals surface area contributed by atoms with E-state index in [-0.39, 0.29) is 17.9 Å². The van der Waals surface area contributed by atoms with Crippen molar-refractivity contribution in [3.8, 4) is 10.8 Å². The monoisotopic (exact) mass is 427 g/mol. The number of aromatic nitrogens is 5. The smallest absolute Gasteiger partial charge is 0.358 e. The second-order valence-electron chi connectivity index (χ2n) is 6.23. The van der Waals surface area contributed by atoms with Gasteiger partial charge in [-0.25, -0.2) is 9.78 Å². The number of nitrogens with zero attached hydrogens (tertiary/aromatic N) is 5. The average Bonchev–Trinajstić information content (AvgIpc) is 3.49. The number of hydrogen-bond acceptors (Lipinski definition) is 9. The molecular weight excluding hydrogens is 414 g/mol. The summed E-state index contributed by atoms with van der Waals surface area (Å²) >= 11 is 2.70. The highest BCUT2D eigenvalue weighted by Crippen LogP contribution is 2.28. The molecule has 9 nitrogen and oxygen atoms in total. The summed E-state index contributed by atoms with van der Waals surface area (Å²) in [5, 5.41) is 10.6. The van der Waals surface area contributed by atoms with E-state index in [2.05, 4.69) is 15.2 Å². The van der Waals surface area contributed by atoms with Gasteiger partial charge in [-0.2, -0.15) is 0 Å². The third-order valence-corrected chi connectivity index (χ3v) is 6.33. The van der Waals surface area contributed by atoms with Gasteiger partial charge in [-0.05, 0) is 30.5 Å². The Kier molecular flexibility index (Phi) is 4.07. The summed E-state index contributed by atoms with van der Waals surface area (Å²) in [5.41, 5.74) is 0.791. The molecular formula is C18H13N5O4S2. The van der Waals surface area contributed by atoms with Crippen molar-refractivity contribution >= 4 is 44.6 Å². The van der Waals surface area contributed by atoms with Crippen molar-refractivity contribution in [2.45, 2.75) is 13.5 Å². The fourth-order valence-corrected chi connectivity index (χ4v) is 4.76. The van der Waals surface area contributed by atoms with Gasteiger partial charge in [0.1, 0.15) is 4.70 Å². The first-order valence-electron chi connectivity index (χ1n) is 8.53. The lowest BCUT2D eigenvalue weighted by Gasteiger charge is -2.05. The largest absolute Gasteiger partial charge is 0.462 e. The van der Waals surface area contributed by atoms with Crippen LogP contribution in [0.2, 0.25) is 0 Å². The number of thiazole rings is 1. The van der Waals surface area contributed by atoms with Gasteiger partial charge in [0.15, 0.2) is 28.9 Å². The summed E-state index contributed by atoms with van der Waals surface area (Å²) < 4.78 is 14.5. The zero-order valence-electron chi connectivity index (χ0n) is 15.3. The molecule has 0 atom stereocenters. The predicted molar refractivity (Wildman–Crippen MR) is 107 cm³/mol. The van der Waals surface area contributed by atoms with E-state index in [1.807, 2.05) is 11.4 Å². The molecule has 0 saturated carbocycles. The van der Waals surface area contributed by atoms with Crippen molar-refractivity contribution in [1.82, 2.24) is 24.1 Å². The number of thiophene rings is 1. The Morgan fingerprint density at radius 2 is 2.17 bits per heavy atom. The van der Waals surface area contributed by atoms with Crippen LogP contribution in [-0.2, 0) is 18.4 Å². The van der Waals surface area contributed by atoms with E-state index in [4.69, 9.17) is 9.15 Å². The minimum Gasteiger partial charge on any atom is -0.462 e. The molecule has 0 aliphatic heterocycles. The van der Waals surface area contributed by atoms with Crippen LogP contribution in [-0.4, -0.2) is 30.1 Å². The number of fused-ring (bicyclic) bond motifs is 3. The Morgan fingerprint density at radius 1 is 1.31 bits per heavy atom. The fraction of sp³-hybridized carbons (Fsp3) is 0.167. The summed E-state index contributed by atoms with van der Waals surface area (Å²) in [4.78, 5) is 30.1. The molecule has 0 saturated heterocycles. The molecule has 5 rings (SSSR count). The first-order valence-corrected chi connectivity index (χ1v) is 10.2. The van der Waals surface area contributed by atoms with Gasteiger partial charge in [-0.1, -0.05) is 0 Å². The van der Waals surface area contributed by atoms with Gasteiger partial charge in [-0.15, -0.1) is 32.9 Å². The van der Waals surface area contributed by atoms with Gasteiger partial charge in [0, 0.05) is 11.9 Å². The van der Waals surface area contributed by atoms with Crippen molar-refractivity contribution in [2.75, 3.05) is 0 Å². The molecule has 0 aliphatic rings. The molecule has 0 radical (unpaired) electrons. The van der Waals surface area contributed by atoms with Crippen LogP contribution in [0.1, 0.15) is 21.2 Å². The van der Waals surface area contributed by atoms with E-state index in [0.717, 1.165) is 4.88 Å². The molecule has 5 aromatic heterocycles. The number of carbonyl (C=O) groups is 1. The maximum atomic E-state index is 12.6. The SMILES string of the molecule is Cc1sc(-c2ccco2)nc1C(=O)OCc1nnc2n(C)c(=O)c3sccc3n12. The minimum absolute atomic E-state index is 0.101. The van der Waals surface area contributed by atoms with E-state index >= 15 is 0 Å². The molecule has 0 aliphatic carbocycles. The summed E-state index contributed by atoms with van der Waals surface area (Å²) in [7, 11) is 1.64. The Labute approximate surface area is 170 Å². The Balaban J connectivity index is 1.46. The Morgan fingerprint density at radius 3 is 2.97 bits per heavy atom. The number of rotatable bonds is 4. The van der Waals surface area contributed by atoms with Gasteiger partial charge in [0.05, 0.1) is 11.8 Å². The van der Waals surface area contributed by atoms with E-state index in [0.29, 0.717) is 32.6 Å². The van der Waals surface area contributed by atoms with Crippen LogP contribution in [0.5, 0.6) is 0 Å². The number of aryl methyl sites for hydroxylation is 2. The molecule has 0 amide bonds. The minimum atomic E-state index is -0.556. The number of furan rings is 1. The normalized spacial score (nSPS) is 11.5. The molecule has 5 aromatic rings. The number of hydrogen-bond donors (Lipinski definition) is 0. The highest BCUT2D eigenvalue weighted by Gasteiger charge is 2.21. The van der Waals surface area contributed by atoms with Gasteiger partial charge in [0.25, 0.3) is 5.56 Å². The highest BCUT2D eigenvalue weighted by atomic mass is 32.1. The van der Waals surface area contributed by atoms with Crippen LogP contribution >= 0.6 is 22.7 Å². The molecule has 0 bridgehead atoms. The van der Waals surface area contributed by atoms with Crippen LogP contribution in [0, 0.1) is 6.92 Å². The van der Waals surface area contributed by atoms with E-state index in [1.165, 1.54) is 27.2 Å². The van der Waals surface area contributed by atoms with Crippen LogP contribution < -0.4 is 5.56 Å².